The lowest BCUT2D eigenvalue weighted by Gasteiger charge is -2.08. The minimum Gasteiger partial charge on any atom is -0.399 e. The number of amides is 1. The number of aromatic nitrogens is 1. The van der Waals surface area contributed by atoms with Crippen molar-refractivity contribution >= 4 is 39.4 Å². The molecule has 0 saturated carbocycles. The number of hydrogen-bond donors (Lipinski definition) is 2. The van der Waals surface area contributed by atoms with Gasteiger partial charge in [0.05, 0.1) is 15.7 Å². The van der Waals surface area contributed by atoms with E-state index in [4.69, 9.17) is 5.73 Å². The third kappa shape index (κ3) is 7.39. The average molecular weight is 444 g/mol. The van der Waals surface area contributed by atoms with Crippen LogP contribution < -0.4 is 11.1 Å². The van der Waals surface area contributed by atoms with Gasteiger partial charge in [-0.3, -0.25) is 9.00 Å². The van der Waals surface area contributed by atoms with Gasteiger partial charge in [-0.05, 0) is 41.8 Å². The maximum absolute atomic E-state index is 12.2. The summed E-state index contributed by atoms with van der Waals surface area (Å²) in [7, 11) is -1.19. The molecule has 2 aromatic carbocycles. The molecule has 1 heterocycles. The van der Waals surface area contributed by atoms with Gasteiger partial charge in [-0.15, -0.1) is 11.3 Å². The van der Waals surface area contributed by atoms with Crippen LogP contribution in [0.15, 0.2) is 53.6 Å². The molecule has 0 saturated heterocycles. The second-order valence-electron chi connectivity index (χ2n) is 8.50. The zero-order valence-electron chi connectivity index (χ0n) is 18.3. The zero-order valence-corrected chi connectivity index (χ0v) is 19.9. The second-order valence-corrected chi connectivity index (χ2v) is 10.9. The van der Waals surface area contributed by atoms with E-state index in [1.807, 2.05) is 30.3 Å². The SMILES string of the molecule is CC(=O)Nc1ccc(-c2cnc(-c3ccc(N)cc3)s2)c(S(C)=O)c1.CC(C)(C)C. The van der Waals surface area contributed by atoms with Gasteiger partial charge in [0.1, 0.15) is 5.01 Å². The molecule has 1 unspecified atom stereocenters. The van der Waals surface area contributed by atoms with Gasteiger partial charge < -0.3 is 11.1 Å². The molecular weight excluding hydrogens is 414 g/mol. The largest absolute Gasteiger partial charge is 0.399 e. The summed E-state index contributed by atoms with van der Waals surface area (Å²) in [6.45, 7) is 10.2. The van der Waals surface area contributed by atoms with E-state index in [0.717, 1.165) is 21.0 Å². The van der Waals surface area contributed by atoms with Crippen molar-refractivity contribution in [1.29, 1.82) is 0 Å². The van der Waals surface area contributed by atoms with Crippen molar-refractivity contribution in [3.8, 4) is 21.0 Å². The van der Waals surface area contributed by atoms with Gasteiger partial charge in [0, 0.05) is 46.8 Å². The van der Waals surface area contributed by atoms with Gasteiger partial charge in [0.2, 0.25) is 5.91 Å². The van der Waals surface area contributed by atoms with Crippen LogP contribution in [-0.2, 0) is 15.6 Å². The Balaban J connectivity index is 0.000000575. The molecule has 0 radical (unpaired) electrons. The van der Waals surface area contributed by atoms with E-state index in [9.17, 15) is 9.00 Å². The molecule has 30 heavy (non-hydrogen) atoms. The number of benzene rings is 2. The highest BCUT2D eigenvalue weighted by Crippen LogP contribution is 2.36. The molecule has 3 aromatic rings. The Kier molecular flexibility index (Phi) is 7.92. The molecule has 0 spiro atoms. The van der Waals surface area contributed by atoms with Crippen LogP contribution in [0.1, 0.15) is 34.6 Å². The average Bonchev–Trinajstić information content (AvgIpc) is 3.10. The number of nitrogens with one attached hydrogen (secondary N) is 1. The lowest BCUT2D eigenvalue weighted by Crippen LogP contribution is -2.06. The fraction of sp³-hybridized carbons (Fsp3) is 0.304. The van der Waals surface area contributed by atoms with E-state index in [0.29, 0.717) is 21.7 Å². The minimum atomic E-state index is -1.19. The van der Waals surface area contributed by atoms with Gasteiger partial charge in [0.25, 0.3) is 0 Å². The van der Waals surface area contributed by atoms with E-state index in [2.05, 4.69) is 38.0 Å². The van der Waals surface area contributed by atoms with E-state index >= 15 is 0 Å². The van der Waals surface area contributed by atoms with Crippen LogP contribution in [0.25, 0.3) is 21.0 Å². The first kappa shape index (κ1) is 23.8. The molecule has 3 N–H and O–H groups in total. The standard InChI is InChI=1S/C18H17N3O2S2.C5H12/c1-11(22)21-14-7-8-15(17(9-14)25(2)23)16-10-20-18(24-16)12-3-5-13(19)6-4-12;1-5(2,3)4/h3-10H,19H2,1-2H3,(H,21,22);1-4H3. The Morgan fingerprint density at radius 2 is 1.70 bits per heavy atom. The maximum Gasteiger partial charge on any atom is 0.221 e. The summed E-state index contributed by atoms with van der Waals surface area (Å²) >= 11 is 1.52. The third-order valence-electron chi connectivity index (χ3n) is 3.54. The summed E-state index contributed by atoms with van der Waals surface area (Å²) < 4.78 is 12.2. The number of rotatable bonds is 4. The van der Waals surface area contributed by atoms with Crippen LogP contribution in [-0.4, -0.2) is 21.4 Å². The highest BCUT2D eigenvalue weighted by molar-refractivity contribution is 7.84. The van der Waals surface area contributed by atoms with Crippen molar-refractivity contribution in [1.82, 2.24) is 4.98 Å². The normalized spacial score (nSPS) is 11.9. The van der Waals surface area contributed by atoms with Gasteiger partial charge in [-0.2, -0.15) is 0 Å². The summed E-state index contributed by atoms with van der Waals surface area (Å²) in [4.78, 5) is 17.3. The first-order valence-electron chi connectivity index (χ1n) is 9.51. The first-order valence-corrected chi connectivity index (χ1v) is 11.9. The van der Waals surface area contributed by atoms with Crippen LogP contribution in [0, 0.1) is 5.41 Å². The van der Waals surface area contributed by atoms with E-state index in [-0.39, 0.29) is 5.91 Å². The van der Waals surface area contributed by atoms with Crippen molar-refractivity contribution in [2.24, 2.45) is 5.41 Å². The number of nitrogen functional groups attached to an aromatic ring is 1. The van der Waals surface area contributed by atoms with E-state index < -0.39 is 10.8 Å². The zero-order chi connectivity index (χ0) is 22.5. The quantitative estimate of drug-likeness (QED) is 0.499. The van der Waals surface area contributed by atoms with Crippen LogP contribution in [0.5, 0.6) is 0 Å². The summed E-state index contributed by atoms with van der Waals surface area (Å²) in [5, 5.41) is 3.59. The van der Waals surface area contributed by atoms with Crippen LogP contribution in [0.2, 0.25) is 0 Å². The van der Waals surface area contributed by atoms with Gasteiger partial charge >= 0.3 is 0 Å². The Morgan fingerprint density at radius 3 is 2.23 bits per heavy atom. The first-order chi connectivity index (χ1) is 13.9. The van der Waals surface area contributed by atoms with Gasteiger partial charge in [-0.1, -0.05) is 33.8 Å². The molecule has 0 aliphatic heterocycles. The highest BCUT2D eigenvalue weighted by atomic mass is 32.2. The predicted molar refractivity (Wildman–Crippen MR) is 129 cm³/mol. The maximum atomic E-state index is 12.2. The van der Waals surface area contributed by atoms with Gasteiger partial charge in [0.15, 0.2) is 0 Å². The monoisotopic (exact) mass is 443 g/mol. The van der Waals surface area contributed by atoms with E-state index in [1.54, 1.807) is 24.6 Å². The third-order valence-corrected chi connectivity index (χ3v) is 5.58. The van der Waals surface area contributed by atoms with Gasteiger partial charge in [-0.25, -0.2) is 4.98 Å². The Bertz CT molecular complexity index is 1030. The van der Waals surface area contributed by atoms with Crippen molar-refractivity contribution in [3.63, 3.8) is 0 Å². The molecule has 3 rings (SSSR count). The number of nitrogens with two attached hydrogens (primary N) is 1. The Hall–Kier alpha value is -2.51. The molecule has 160 valence electrons. The van der Waals surface area contributed by atoms with Crippen molar-refractivity contribution in [3.05, 3.63) is 48.7 Å². The van der Waals surface area contributed by atoms with E-state index in [1.165, 1.54) is 18.3 Å². The fourth-order valence-electron chi connectivity index (χ4n) is 2.40. The molecule has 7 heteroatoms. The number of thiazole rings is 1. The number of nitrogens with zero attached hydrogens (tertiary/aromatic N) is 1. The Morgan fingerprint density at radius 1 is 1.10 bits per heavy atom. The van der Waals surface area contributed by atoms with Crippen molar-refractivity contribution in [2.75, 3.05) is 17.3 Å². The summed E-state index contributed by atoms with van der Waals surface area (Å²) in [6.07, 6.45) is 3.40. The Labute approximate surface area is 185 Å². The van der Waals surface area contributed by atoms with Crippen LogP contribution in [0.3, 0.4) is 0 Å². The predicted octanol–water partition coefficient (Wildman–Crippen LogP) is 5.81. The van der Waals surface area contributed by atoms with Crippen LogP contribution in [0.4, 0.5) is 11.4 Å². The molecule has 0 aliphatic rings. The van der Waals surface area contributed by atoms with Crippen LogP contribution >= 0.6 is 11.3 Å². The lowest BCUT2D eigenvalue weighted by atomic mass is 10.0. The number of hydrogen-bond acceptors (Lipinski definition) is 5. The molecule has 0 bridgehead atoms. The minimum absolute atomic E-state index is 0.163. The summed E-state index contributed by atoms with van der Waals surface area (Å²) in [5.41, 5.74) is 9.40. The number of carbonyl (C=O) groups is 1. The topological polar surface area (TPSA) is 85.1 Å². The molecule has 1 aromatic heterocycles. The number of anilines is 2. The molecule has 0 aliphatic carbocycles. The van der Waals surface area contributed by atoms with Crippen molar-refractivity contribution < 1.29 is 9.00 Å². The fourth-order valence-corrected chi connectivity index (χ4v) is 4.21. The molecule has 1 atom stereocenters. The molecule has 0 fully saturated rings. The molecular formula is C23H29N3O2S2. The molecule has 5 nitrogen and oxygen atoms in total. The summed E-state index contributed by atoms with van der Waals surface area (Å²) in [6, 6.07) is 12.9. The van der Waals surface area contributed by atoms with Crippen molar-refractivity contribution in [2.45, 2.75) is 39.5 Å². The lowest BCUT2D eigenvalue weighted by molar-refractivity contribution is -0.114. The smallest absolute Gasteiger partial charge is 0.221 e. The second kappa shape index (κ2) is 10.00. The summed E-state index contributed by atoms with van der Waals surface area (Å²) in [5.74, 6) is -0.163. The molecule has 1 amide bonds. The highest BCUT2D eigenvalue weighted by Gasteiger charge is 2.14. The number of carbonyl (C=O) groups excluding carboxylic acids is 1.